The first-order chi connectivity index (χ1) is 6.06. The zero-order valence-corrected chi connectivity index (χ0v) is 9.71. The lowest BCUT2D eigenvalue weighted by Crippen LogP contribution is -2.04. The molecule has 0 aliphatic carbocycles. The Morgan fingerprint density at radius 1 is 0.769 bits per heavy atom. The summed E-state index contributed by atoms with van der Waals surface area (Å²) in [6.07, 6.45) is 5.13. The predicted molar refractivity (Wildman–Crippen MR) is 58.7 cm³/mol. The van der Waals surface area contributed by atoms with Gasteiger partial charge in [0.05, 0.1) is 0 Å². The van der Waals surface area contributed by atoms with Gasteiger partial charge in [-0.3, -0.25) is 0 Å². The third kappa shape index (κ3) is 8.29. The Morgan fingerprint density at radius 3 is 1.69 bits per heavy atom. The van der Waals surface area contributed by atoms with E-state index in [0.717, 1.165) is 11.8 Å². The van der Waals surface area contributed by atoms with Crippen molar-refractivity contribution >= 4 is 0 Å². The molecular formula is C12H26O. The van der Waals surface area contributed by atoms with Crippen molar-refractivity contribution in [3.63, 3.8) is 0 Å². The molecule has 0 rings (SSSR count). The molecule has 0 aromatic rings. The van der Waals surface area contributed by atoms with Crippen LogP contribution in [0.5, 0.6) is 0 Å². The molecule has 0 bridgehead atoms. The van der Waals surface area contributed by atoms with Crippen molar-refractivity contribution in [2.75, 3.05) is 6.61 Å². The number of aliphatic hydroxyl groups excluding tert-OH is 1. The molecule has 0 heterocycles. The molecule has 0 aliphatic heterocycles. The topological polar surface area (TPSA) is 20.2 Å². The van der Waals surface area contributed by atoms with Crippen LogP contribution < -0.4 is 0 Å². The van der Waals surface area contributed by atoms with Gasteiger partial charge >= 0.3 is 0 Å². The largest absolute Gasteiger partial charge is 0.396 e. The van der Waals surface area contributed by atoms with Crippen LogP contribution in [0.3, 0.4) is 0 Å². The molecule has 2 atom stereocenters. The van der Waals surface area contributed by atoms with Crippen LogP contribution in [0, 0.1) is 17.8 Å². The summed E-state index contributed by atoms with van der Waals surface area (Å²) < 4.78 is 0. The van der Waals surface area contributed by atoms with Gasteiger partial charge in [0.25, 0.3) is 0 Å². The first-order valence-corrected chi connectivity index (χ1v) is 5.67. The van der Waals surface area contributed by atoms with E-state index in [0.29, 0.717) is 12.5 Å². The second-order valence-electron chi connectivity index (χ2n) is 4.94. The Kier molecular flexibility index (Phi) is 7.35. The molecule has 80 valence electrons. The molecule has 0 saturated heterocycles. The highest BCUT2D eigenvalue weighted by Crippen LogP contribution is 2.18. The van der Waals surface area contributed by atoms with E-state index in [2.05, 4.69) is 27.7 Å². The Balaban J connectivity index is 3.34. The minimum absolute atomic E-state index is 0.344. The second-order valence-corrected chi connectivity index (χ2v) is 4.94. The summed E-state index contributed by atoms with van der Waals surface area (Å²) in [7, 11) is 0. The fourth-order valence-corrected chi connectivity index (χ4v) is 1.42. The van der Waals surface area contributed by atoms with E-state index in [4.69, 9.17) is 5.11 Å². The van der Waals surface area contributed by atoms with Crippen LogP contribution in [0.4, 0.5) is 0 Å². The standard InChI is InChI=1S/C12H26O/c1-10(2)5-6-11(3)7-8-12(4)9-13/h10-13H,5-9H2,1-4H3. The van der Waals surface area contributed by atoms with E-state index < -0.39 is 0 Å². The summed E-state index contributed by atoms with van der Waals surface area (Å²) in [5.74, 6) is 2.15. The fraction of sp³-hybridized carbons (Fsp3) is 1.00. The molecule has 0 radical (unpaired) electrons. The monoisotopic (exact) mass is 186 g/mol. The molecule has 0 saturated carbocycles. The van der Waals surface area contributed by atoms with E-state index in [1.165, 1.54) is 25.7 Å². The van der Waals surface area contributed by atoms with Crippen molar-refractivity contribution in [3.05, 3.63) is 0 Å². The molecule has 0 aliphatic rings. The van der Waals surface area contributed by atoms with E-state index >= 15 is 0 Å². The van der Waals surface area contributed by atoms with Crippen LogP contribution in [-0.4, -0.2) is 11.7 Å². The van der Waals surface area contributed by atoms with Crippen molar-refractivity contribution in [1.82, 2.24) is 0 Å². The van der Waals surface area contributed by atoms with Gasteiger partial charge in [0, 0.05) is 6.61 Å². The highest BCUT2D eigenvalue weighted by molar-refractivity contribution is 4.58. The lowest BCUT2D eigenvalue weighted by Gasteiger charge is -2.14. The van der Waals surface area contributed by atoms with Crippen LogP contribution >= 0.6 is 0 Å². The third-order valence-electron chi connectivity index (χ3n) is 2.70. The normalized spacial score (nSPS) is 16.2. The van der Waals surface area contributed by atoms with Gasteiger partial charge in [-0.2, -0.15) is 0 Å². The zero-order valence-electron chi connectivity index (χ0n) is 9.71. The Labute approximate surface area is 83.5 Å². The number of rotatable bonds is 7. The first-order valence-electron chi connectivity index (χ1n) is 5.67. The maximum Gasteiger partial charge on any atom is 0.0456 e. The minimum Gasteiger partial charge on any atom is -0.396 e. The summed E-state index contributed by atoms with van der Waals surface area (Å²) >= 11 is 0. The maximum absolute atomic E-state index is 8.87. The minimum atomic E-state index is 0.344. The van der Waals surface area contributed by atoms with Gasteiger partial charge in [0.15, 0.2) is 0 Å². The summed E-state index contributed by atoms with van der Waals surface area (Å²) in [6, 6.07) is 0. The van der Waals surface area contributed by atoms with Crippen molar-refractivity contribution in [3.8, 4) is 0 Å². The van der Waals surface area contributed by atoms with Crippen LogP contribution in [0.15, 0.2) is 0 Å². The SMILES string of the molecule is CC(C)CCC(C)CCC(C)CO. The molecule has 1 N–H and O–H groups in total. The van der Waals surface area contributed by atoms with Gasteiger partial charge in [-0.25, -0.2) is 0 Å². The van der Waals surface area contributed by atoms with Crippen LogP contribution in [0.1, 0.15) is 53.4 Å². The summed E-state index contributed by atoms with van der Waals surface area (Å²) in [6.45, 7) is 9.35. The van der Waals surface area contributed by atoms with E-state index in [-0.39, 0.29) is 0 Å². The molecular weight excluding hydrogens is 160 g/mol. The molecule has 0 amide bonds. The maximum atomic E-state index is 8.87. The third-order valence-corrected chi connectivity index (χ3v) is 2.70. The van der Waals surface area contributed by atoms with Crippen molar-refractivity contribution in [2.24, 2.45) is 17.8 Å². The second kappa shape index (κ2) is 7.37. The Morgan fingerprint density at radius 2 is 1.23 bits per heavy atom. The van der Waals surface area contributed by atoms with Crippen molar-refractivity contribution in [1.29, 1.82) is 0 Å². The number of hydrogen-bond acceptors (Lipinski definition) is 1. The average molecular weight is 186 g/mol. The van der Waals surface area contributed by atoms with Gasteiger partial charge in [0.1, 0.15) is 0 Å². The molecule has 0 aromatic heterocycles. The lowest BCUT2D eigenvalue weighted by atomic mass is 9.92. The summed E-state index contributed by atoms with van der Waals surface area (Å²) in [5.41, 5.74) is 0. The average Bonchev–Trinajstić information content (AvgIpc) is 2.10. The van der Waals surface area contributed by atoms with Crippen LogP contribution in [0.2, 0.25) is 0 Å². The Bertz CT molecular complexity index is 110. The molecule has 2 unspecified atom stereocenters. The molecule has 1 nitrogen and oxygen atoms in total. The molecule has 1 heteroatoms. The van der Waals surface area contributed by atoms with Gasteiger partial charge in [-0.1, -0.05) is 47.0 Å². The van der Waals surface area contributed by atoms with Crippen molar-refractivity contribution < 1.29 is 5.11 Å². The van der Waals surface area contributed by atoms with Gasteiger partial charge in [-0.05, 0) is 24.2 Å². The summed E-state index contributed by atoms with van der Waals surface area (Å²) in [5, 5.41) is 8.87. The number of hydrogen-bond donors (Lipinski definition) is 1. The van der Waals surface area contributed by atoms with Gasteiger partial charge in [-0.15, -0.1) is 0 Å². The Hall–Kier alpha value is -0.0400. The van der Waals surface area contributed by atoms with Gasteiger partial charge < -0.3 is 5.11 Å². The lowest BCUT2D eigenvalue weighted by molar-refractivity contribution is 0.221. The highest BCUT2D eigenvalue weighted by Gasteiger charge is 2.06. The first kappa shape index (κ1) is 13.0. The molecule has 0 fully saturated rings. The van der Waals surface area contributed by atoms with E-state index in [1.54, 1.807) is 0 Å². The fourth-order valence-electron chi connectivity index (χ4n) is 1.42. The highest BCUT2D eigenvalue weighted by atomic mass is 16.3. The quantitative estimate of drug-likeness (QED) is 0.645. The van der Waals surface area contributed by atoms with Crippen molar-refractivity contribution in [2.45, 2.75) is 53.4 Å². The van der Waals surface area contributed by atoms with Crippen LogP contribution in [-0.2, 0) is 0 Å². The molecule has 13 heavy (non-hydrogen) atoms. The van der Waals surface area contributed by atoms with E-state index in [1.807, 2.05) is 0 Å². The smallest absolute Gasteiger partial charge is 0.0456 e. The van der Waals surface area contributed by atoms with Crippen LogP contribution in [0.25, 0.3) is 0 Å². The number of aliphatic hydroxyl groups is 1. The molecule has 0 spiro atoms. The van der Waals surface area contributed by atoms with E-state index in [9.17, 15) is 0 Å². The van der Waals surface area contributed by atoms with Gasteiger partial charge in [0.2, 0.25) is 0 Å². The zero-order chi connectivity index (χ0) is 10.3. The predicted octanol–water partition coefficient (Wildman–Crippen LogP) is 3.47. The summed E-state index contributed by atoms with van der Waals surface area (Å²) in [4.78, 5) is 0. The molecule has 0 aromatic carbocycles.